The van der Waals surface area contributed by atoms with Gasteiger partial charge in [-0.25, -0.2) is 0 Å². The Morgan fingerprint density at radius 2 is 2.10 bits per heavy atom. The van der Waals surface area contributed by atoms with Crippen molar-refractivity contribution in [3.8, 4) is 5.75 Å². The van der Waals surface area contributed by atoms with Gasteiger partial charge in [-0.15, -0.1) is 0 Å². The largest absolute Gasteiger partial charge is 0.497 e. The number of rotatable bonds is 6. The maximum absolute atomic E-state index is 11.7. The molecular formula is C15H22N2O3. The second-order valence-electron chi connectivity index (χ2n) is 5.37. The number of benzene rings is 1. The number of hydrogen-bond donors (Lipinski definition) is 3. The number of nitrogens with one attached hydrogen (secondary N) is 1. The zero-order valence-electron chi connectivity index (χ0n) is 11.8. The predicted molar refractivity (Wildman–Crippen MR) is 76.6 cm³/mol. The van der Waals surface area contributed by atoms with Crippen LogP contribution >= 0.6 is 0 Å². The van der Waals surface area contributed by atoms with Gasteiger partial charge in [-0.05, 0) is 30.5 Å². The fourth-order valence-corrected chi connectivity index (χ4v) is 2.59. The monoisotopic (exact) mass is 278 g/mol. The van der Waals surface area contributed by atoms with Gasteiger partial charge < -0.3 is 20.9 Å². The number of carbonyl (C=O) groups excluding carboxylic acids is 1. The van der Waals surface area contributed by atoms with Crippen LogP contribution < -0.4 is 15.8 Å². The van der Waals surface area contributed by atoms with Crippen LogP contribution in [0.1, 0.15) is 24.8 Å². The summed E-state index contributed by atoms with van der Waals surface area (Å²) in [6, 6.07) is 7.14. The van der Waals surface area contributed by atoms with Crippen molar-refractivity contribution in [1.29, 1.82) is 0 Å². The van der Waals surface area contributed by atoms with Crippen molar-refractivity contribution in [2.75, 3.05) is 20.3 Å². The fraction of sp³-hybridized carbons (Fsp3) is 0.533. The first-order chi connectivity index (χ1) is 9.61. The van der Waals surface area contributed by atoms with Crippen molar-refractivity contribution in [1.82, 2.24) is 5.32 Å². The lowest BCUT2D eigenvalue weighted by atomic mass is 9.64. The topological polar surface area (TPSA) is 84.6 Å². The van der Waals surface area contributed by atoms with E-state index in [1.807, 2.05) is 12.1 Å². The SMILES string of the molecule is COc1ccc(C2(CNC(=O)C(N)CO)CCC2)cc1. The molecule has 1 aromatic rings. The van der Waals surface area contributed by atoms with Crippen molar-refractivity contribution in [2.45, 2.75) is 30.7 Å². The Labute approximate surface area is 119 Å². The van der Waals surface area contributed by atoms with Crippen LogP contribution in [0.4, 0.5) is 0 Å². The third kappa shape index (κ3) is 2.94. The van der Waals surface area contributed by atoms with E-state index in [2.05, 4.69) is 17.4 Å². The number of aliphatic hydroxyl groups excluding tert-OH is 1. The van der Waals surface area contributed by atoms with E-state index >= 15 is 0 Å². The molecule has 1 aromatic carbocycles. The first-order valence-corrected chi connectivity index (χ1v) is 6.90. The van der Waals surface area contributed by atoms with Crippen molar-refractivity contribution in [2.24, 2.45) is 5.73 Å². The minimum Gasteiger partial charge on any atom is -0.497 e. The molecule has 0 aromatic heterocycles. The average Bonchev–Trinajstić information content (AvgIpc) is 2.45. The normalized spacial score (nSPS) is 17.9. The van der Waals surface area contributed by atoms with Gasteiger partial charge in [0.15, 0.2) is 0 Å². The zero-order chi connectivity index (χ0) is 14.6. The number of amides is 1. The van der Waals surface area contributed by atoms with Gasteiger partial charge in [0.1, 0.15) is 11.8 Å². The molecule has 1 fully saturated rings. The summed E-state index contributed by atoms with van der Waals surface area (Å²) >= 11 is 0. The van der Waals surface area contributed by atoms with Gasteiger partial charge in [0.25, 0.3) is 0 Å². The van der Waals surface area contributed by atoms with Gasteiger partial charge in [-0.2, -0.15) is 0 Å². The summed E-state index contributed by atoms with van der Waals surface area (Å²) in [4.78, 5) is 11.7. The average molecular weight is 278 g/mol. The van der Waals surface area contributed by atoms with Crippen LogP contribution in [0.5, 0.6) is 5.75 Å². The maximum atomic E-state index is 11.7. The van der Waals surface area contributed by atoms with Crippen LogP contribution in [0.3, 0.4) is 0 Å². The third-order valence-electron chi connectivity index (χ3n) is 4.15. The van der Waals surface area contributed by atoms with Gasteiger partial charge in [-0.1, -0.05) is 18.6 Å². The Balaban J connectivity index is 2.03. The number of methoxy groups -OCH3 is 1. The van der Waals surface area contributed by atoms with Gasteiger partial charge in [0.05, 0.1) is 13.7 Å². The molecule has 1 atom stereocenters. The Bertz CT molecular complexity index is 455. The molecule has 1 aliphatic rings. The summed E-state index contributed by atoms with van der Waals surface area (Å²) in [5.41, 5.74) is 6.71. The molecule has 1 aliphatic carbocycles. The summed E-state index contributed by atoms with van der Waals surface area (Å²) < 4.78 is 5.16. The summed E-state index contributed by atoms with van der Waals surface area (Å²) in [6.45, 7) is 0.229. The van der Waals surface area contributed by atoms with E-state index in [-0.39, 0.29) is 17.9 Å². The van der Waals surface area contributed by atoms with Gasteiger partial charge in [0, 0.05) is 12.0 Å². The number of carbonyl (C=O) groups is 1. The van der Waals surface area contributed by atoms with E-state index in [4.69, 9.17) is 15.6 Å². The molecule has 110 valence electrons. The minimum atomic E-state index is -0.844. The van der Waals surface area contributed by atoms with Gasteiger partial charge in [-0.3, -0.25) is 4.79 Å². The van der Waals surface area contributed by atoms with Crippen LogP contribution in [0.25, 0.3) is 0 Å². The van der Waals surface area contributed by atoms with Crippen LogP contribution in [-0.2, 0) is 10.2 Å². The first-order valence-electron chi connectivity index (χ1n) is 6.90. The van der Waals surface area contributed by atoms with Crippen molar-refractivity contribution in [3.05, 3.63) is 29.8 Å². The highest BCUT2D eigenvalue weighted by Crippen LogP contribution is 2.43. The Morgan fingerprint density at radius 1 is 1.45 bits per heavy atom. The van der Waals surface area contributed by atoms with E-state index in [9.17, 15) is 4.79 Å². The number of hydrogen-bond acceptors (Lipinski definition) is 4. The van der Waals surface area contributed by atoms with Crippen molar-refractivity contribution in [3.63, 3.8) is 0 Å². The highest BCUT2D eigenvalue weighted by atomic mass is 16.5. The van der Waals surface area contributed by atoms with Crippen LogP contribution in [0, 0.1) is 0 Å². The highest BCUT2D eigenvalue weighted by molar-refractivity contribution is 5.81. The Morgan fingerprint density at radius 3 is 2.55 bits per heavy atom. The second-order valence-corrected chi connectivity index (χ2v) is 5.37. The van der Waals surface area contributed by atoms with Crippen LogP contribution in [0.15, 0.2) is 24.3 Å². The van der Waals surface area contributed by atoms with E-state index in [0.717, 1.165) is 25.0 Å². The maximum Gasteiger partial charge on any atom is 0.239 e. The quantitative estimate of drug-likeness (QED) is 0.709. The third-order valence-corrected chi connectivity index (χ3v) is 4.15. The summed E-state index contributed by atoms with van der Waals surface area (Å²) in [7, 11) is 1.64. The zero-order valence-corrected chi connectivity index (χ0v) is 11.8. The van der Waals surface area contributed by atoms with Crippen LogP contribution in [-0.4, -0.2) is 37.3 Å². The van der Waals surface area contributed by atoms with E-state index in [1.54, 1.807) is 7.11 Å². The number of aliphatic hydroxyl groups is 1. The predicted octanol–water partition coefficient (Wildman–Crippen LogP) is 0.553. The van der Waals surface area contributed by atoms with Crippen LogP contribution in [0.2, 0.25) is 0 Å². The molecule has 2 rings (SSSR count). The molecule has 5 heteroatoms. The molecule has 0 aliphatic heterocycles. The van der Waals surface area contributed by atoms with E-state index in [0.29, 0.717) is 6.54 Å². The summed E-state index contributed by atoms with van der Waals surface area (Å²) in [5.74, 6) is 0.529. The number of nitrogens with two attached hydrogens (primary N) is 1. The van der Waals surface area contributed by atoms with Gasteiger partial charge in [0.2, 0.25) is 5.91 Å². The lowest BCUT2D eigenvalue weighted by Crippen LogP contribution is -2.50. The summed E-state index contributed by atoms with van der Waals surface area (Å²) in [5, 5.41) is 11.7. The first kappa shape index (κ1) is 14.8. The molecule has 0 saturated heterocycles. The van der Waals surface area contributed by atoms with Crippen molar-refractivity contribution < 1.29 is 14.6 Å². The Hall–Kier alpha value is -1.59. The molecule has 4 N–H and O–H groups in total. The number of ether oxygens (including phenoxy) is 1. The van der Waals surface area contributed by atoms with Gasteiger partial charge >= 0.3 is 0 Å². The molecule has 0 bridgehead atoms. The molecule has 20 heavy (non-hydrogen) atoms. The smallest absolute Gasteiger partial charge is 0.239 e. The molecule has 1 saturated carbocycles. The minimum absolute atomic E-state index is 0.00287. The summed E-state index contributed by atoms with van der Waals surface area (Å²) in [6.07, 6.45) is 3.26. The Kier molecular flexibility index (Phi) is 4.62. The lowest BCUT2D eigenvalue weighted by Gasteiger charge is -2.42. The molecule has 0 heterocycles. The molecule has 0 spiro atoms. The molecule has 5 nitrogen and oxygen atoms in total. The van der Waals surface area contributed by atoms with Crippen molar-refractivity contribution >= 4 is 5.91 Å². The molecule has 0 radical (unpaired) electrons. The molecule has 1 unspecified atom stereocenters. The fourth-order valence-electron chi connectivity index (χ4n) is 2.59. The lowest BCUT2D eigenvalue weighted by molar-refractivity contribution is -0.123. The van der Waals surface area contributed by atoms with E-state index < -0.39 is 6.04 Å². The van der Waals surface area contributed by atoms with E-state index in [1.165, 1.54) is 5.56 Å². The second kappa shape index (κ2) is 6.24. The molecular weight excluding hydrogens is 256 g/mol. The molecule has 1 amide bonds. The highest BCUT2D eigenvalue weighted by Gasteiger charge is 2.39. The standard InChI is InChI=1S/C15H22N2O3/c1-20-12-5-3-11(4-6-12)15(7-2-8-15)10-17-14(19)13(16)9-18/h3-6,13,18H,2,7-10,16H2,1H3,(H,17,19).